The molecule has 10 heteroatoms. The van der Waals surface area contributed by atoms with Crippen LogP contribution in [0, 0.1) is 0 Å². The minimum Gasteiger partial charge on any atom is -0.480 e. The lowest BCUT2D eigenvalue weighted by Gasteiger charge is -2.43. The molecule has 3 N–H and O–H groups in total. The molecule has 0 bridgehead atoms. The van der Waals surface area contributed by atoms with Gasteiger partial charge < -0.3 is 15.3 Å². The predicted molar refractivity (Wildman–Crippen MR) is 62.4 cm³/mol. The van der Waals surface area contributed by atoms with Crippen LogP contribution in [0.25, 0.3) is 0 Å². The molecule has 20 heavy (non-hydrogen) atoms. The van der Waals surface area contributed by atoms with Crippen molar-refractivity contribution in [1.29, 1.82) is 0 Å². The summed E-state index contributed by atoms with van der Waals surface area (Å²) in [4.78, 5) is 46.6. The Hall–Kier alpha value is -2.62. The highest BCUT2D eigenvalue weighted by Crippen LogP contribution is 2.17. The predicted octanol–water partition coefficient (Wildman–Crippen LogP) is -1.22. The van der Waals surface area contributed by atoms with E-state index in [1.807, 2.05) is 0 Å². The van der Waals surface area contributed by atoms with Crippen molar-refractivity contribution in [2.45, 2.75) is 6.35 Å². The van der Waals surface area contributed by atoms with E-state index in [9.17, 15) is 24.3 Å². The zero-order chi connectivity index (χ0) is 15.4. The van der Waals surface area contributed by atoms with Crippen LogP contribution in [0.4, 0.5) is 9.59 Å². The maximum absolute atomic E-state index is 11.9. The number of urea groups is 2. The molecule has 1 fully saturated rings. The first-order valence-corrected chi connectivity index (χ1v) is 5.41. The molecule has 0 saturated carbocycles. The molecule has 110 valence electrons. The molecule has 1 rings (SSSR count). The van der Waals surface area contributed by atoms with Gasteiger partial charge in [0.15, 0.2) is 0 Å². The lowest BCUT2D eigenvalue weighted by Crippen LogP contribution is -2.67. The topological polar surface area (TPSA) is 139 Å². The second kappa shape index (κ2) is 6.02. The van der Waals surface area contributed by atoms with Crippen LogP contribution < -0.4 is 0 Å². The number of aliphatic carboxylic acids is 2. The summed E-state index contributed by atoms with van der Waals surface area (Å²) in [5.41, 5.74) is 0. The number of rotatable bonds is 6. The Labute approximate surface area is 113 Å². The average molecular weight is 287 g/mol. The van der Waals surface area contributed by atoms with Crippen molar-refractivity contribution >= 4 is 24.0 Å². The van der Waals surface area contributed by atoms with Crippen molar-refractivity contribution in [1.82, 2.24) is 14.7 Å². The highest BCUT2D eigenvalue weighted by atomic mass is 16.4. The Balaban J connectivity index is 3.09. The van der Waals surface area contributed by atoms with Crippen molar-refractivity contribution in [3.8, 4) is 0 Å². The Morgan fingerprint density at radius 1 is 1.10 bits per heavy atom. The Kier molecular flexibility index (Phi) is 4.64. The third-order valence-corrected chi connectivity index (χ3v) is 2.44. The Morgan fingerprint density at radius 3 is 2.05 bits per heavy atom. The van der Waals surface area contributed by atoms with Gasteiger partial charge in [0.25, 0.3) is 0 Å². The normalized spacial score (nSPS) is 19.2. The number of carbonyl (C=O) groups excluding carboxylic acids is 2. The van der Waals surface area contributed by atoms with Gasteiger partial charge in [-0.25, -0.2) is 14.5 Å². The summed E-state index contributed by atoms with van der Waals surface area (Å²) in [6, 6.07) is -2.22. The first kappa shape index (κ1) is 15.4. The molecule has 1 saturated heterocycles. The number of hydrogen-bond acceptors (Lipinski definition) is 5. The largest absolute Gasteiger partial charge is 0.480 e. The third-order valence-electron chi connectivity index (χ3n) is 2.44. The number of hydrogen-bond donors (Lipinski definition) is 3. The van der Waals surface area contributed by atoms with E-state index in [2.05, 4.69) is 6.58 Å². The van der Waals surface area contributed by atoms with Crippen LogP contribution in [0.15, 0.2) is 12.7 Å². The van der Waals surface area contributed by atoms with Gasteiger partial charge in [-0.3, -0.25) is 19.4 Å². The first-order valence-electron chi connectivity index (χ1n) is 5.41. The van der Waals surface area contributed by atoms with E-state index in [4.69, 9.17) is 10.2 Å². The molecule has 0 aromatic carbocycles. The number of aliphatic hydroxyl groups excluding tert-OH is 1. The zero-order valence-electron chi connectivity index (χ0n) is 10.3. The minimum absolute atomic E-state index is 0.181. The summed E-state index contributed by atoms with van der Waals surface area (Å²) >= 11 is 0. The molecule has 0 aromatic heterocycles. The summed E-state index contributed by atoms with van der Waals surface area (Å²) in [5.74, 6) is -2.86. The van der Waals surface area contributed by atoms with Gasteiger partial charge >= 0.3 is 24.0 Å². The first-order chi connectivity index (χ1) is 9.29. The molecule has 4 amide bonds. The fourth-order valence-corrected chi connectivity index (χ4v) is 1.63. The number of aliphatic hydroxyl groups is 1. The molecule has 1 aliphatic rings. The molecule has 1 aliphatic heterocycles. The number of amides is 4. The summed E-state index contributed by atoms with van der Waals surface area (Å²) in [6.45, 7) is 1.36. The van der Waals surface area contributed by atoms with Crippen molar-refractivity contribution in [3.05, 3.63) is 12.7 Å². The molecule has 1 unspecified atom stereocenters. The maximum Gasteiger partial charge on any atom is 0.332 e. The van der Waals surface area contributed by atoms with E-state index in [-0.39, 0.29) is 6.54 Å². The average Bonchev–Trinajstić information content (AvgIpc) is 2.35. The summed E-state index contributed by atoms with van der Waals surface area (Å²) < 4.78 is 0. The van der Waals surface area contributed by atoms with Crippen LogP contribution in [0.5, 0.6) is 0 Å². The van der Waals surface area contributed by atoms with Gasteiger partial charge in [-0.2, -0.15) is 0 Å². The number of nitrogens with zero attached hydrogens (tertiary/aromatic N) is 3. The van der Waals surface area contributed by atoms with Crippen molar-refractivity contribution in [2.24, 2.45) is 0 Å². The summed E-state index contributed by atoms with van der Waals surface area (Å²) in [6.07, 6.45) is -0.552. The van der Waals surface area contributed by atoms with Crippen molar-refractivity contribution in [3.63, 3.8) is 0 Å². The standard InChI is InChI=1S/C10H13N3O7/c1-2-3-11-8(18)12(4-6(14)15)10(20)13(9(11)19)5-7(16)17/h2,8,18H,1,3-5H2,(H,14,15)(H,16,17). The van der Waals surface area contributed by atoms with Crippen molar-refractivity contribution < 1.29 is 34.5 Å². The SMILES string of the molecule is C=CCN1C(=O)N(CC(=O)O)C(=O)N(CC(=O)O)C1O. The Bertz CT molecular complexity index is 464. The van der Waals surface area contributed by atoms with Crippen molar-refractivity contribution in [2.75, 3.05) is 19.6 Å². The fourth-order valence-electron chi connectivity index (χ4n) is 1.63. The van der Waals surface area contributed by atoms with E-state index in [0.29, 0.717) is 9.80 Å². The zero-order valence-corrected chi connectivity index (χ0v) is 10.3. The smallest absolute Gasteiger partial charge is 0.332 e. The van der Waals surface area contributed by atoms with E-state index < -0.39 is 43.4 Å². The van der Waals surface area contributed by atoms with Crippen LogP contribution in [0.1, 0.15) is 0 Å². The monoisotopic (exact) mass is 287 g/mol. The van der Waals surface area contributed by atoms with Gasteiger partial charge in [-0.1, -0.05) is 6.08 Å². The van der Waals surface area contributed by atoms with Gasteiger partial charge in [0.05, 0.1) is 0 Å². The van der Waals surface area contributed by atoms with Crippen LogP contribution in [-0.2, 0) is 9.59 Å². The molecule has 0 spiro atoms. The van der Waals surface area contributed by atoms with Crippen LogP contribution >= 0.6 is 0 Å². The lowest BCUT2D eigenvalue weighted by atomic mass is 10.4. The van der Waals surface area contributed by atoms with E-state index in [0.717, 1.165) is 4.90 Å². The van der Waals surface area contributed by atoms with E-state index in [1.54, 1.807) is 0 Å². The van der Waals surface area contributed by atoms with Gasteiger partial charge in [-0.15, -0.1) is 6.58 Å². The highest BCUT2D eigenvalue weighted by molar-refractivity contribution is 5.99. The molecule has 1 atom stereocenters. The molecule has 0 aliphatic carbocycles. The molecule has 10 nitrogen and oxygen atoms in total. The molecular weight excluding hydrogens is 274 g/mol. The molecule has 0 radical (unpaired) electrons. The summed E-state index contributed by atoms with van der Waals surface area (Å²) in [7, 11) is 0. The number of carboxylic acids is 2. The van der Waals surface area contributed by atoms with Crippen LogP contribution in [-0.4, -0.2) is 80.0 Å². The third kappa shape index (κ3) is 3.03. The van der Waals surface area contributed by atoms with Gasteiger partial charge in [-0.05, 0) is 0 Å². The van der Waals surface area contributed by atoms with Gasteiger partial charge in [0.2, 0.25) is 6.35 Å². The van der Waals surface area contributed by atoms with Gasteiger partial charge in [0, 0.05) is 6.54 Å². The second-order valence-electron chi connectivity index (χ2n) is 3.85. The molecule has 0 aromatic rings. The molecule has 1 heterocycles. The lowest BCUT2D eigenvalue weighted by molar-refractivity contribution is -0.146. The van der Waals surface area contributed by atoms with Crippen LogP contribution in [0.3, 0.4) is 0 Å². The quantitative estimate of drug-likeness (QED) is 0.520. The number of imide groups is 1. The number of carboxylic acid groups (broad SMARTS) is 2. The van der Waals surface area contributed by atoms with Gasteiger partial charge in [0.1, 0.15) is 13.1 Å². The summed E-state index contributed by atoms with van der Waals surface area (Å²) in [5, 5.41) is 27.2. The van der Waals surface area contributed by atoms with Crippen LogP contribution in [0.2, 0.25) is 0 Å². The Morgan fingerprint density at radius 2 is 1.60 bits per heavy atom. The minimum atomic E-state index is -1.80. The van der Waals surface area contributed by atoms with E-state index >= 15 is 0 Å². The fraction of sp³-hybridized carbons (Fsp3) is 0.400. The highest BCUT2D eigenvalue weighted by Gasteiger charge is 2.44. The van der Waals surface area contributed by atoms with E-state index in [1.165, 1.54) is 6.08 Å². The maximum atomic E-state index is 11.9. The molecular formula is C10H13N3O7. The second-order valence-corrected chi connectivity index (χ2v) is 3.85. The number of carbonyl (C=O) groups is 4.